The third kappa shape index (κ3) is 7.51. The van der Waals surface area contributed by atoms with Gasteiger partial charge < -0.3 is 4.74 Å². The van der Waals surface area contributed by atoms with Crippen LogP contribution in [0.25, 0.3) is 0 Å². The lowest BCUT2D eigenvalue weighted by atomic mass is 9.95. The van der Waals surface area contributed by atoms with Crippen molar-refractivity contribution in [2.75, 3.05) is 11.9 Å². The summed E-state index contributed by atoms with van der Waals surface area (Å²) in [6.07, 6.45) is 1.15. The number of hydrogen-bond acceptors (Lipinski definition) is 1. The van der Waals surface area contributed by atoms with Crippen molar-refractivity contribution in [3.05, 3.63) is 0 Å². The molecule has 0 spiro atoms. The first-order valence-corrected chi connectivity index (χ1v) is 6.19. The van der Waals surface area contributed by atoms with Gasteiger partial charge >= 0.3 is 0 Å². The van der Waals surface area contributed by atoms with Crippen LogP contribution in [0.3, 0.4) is 0 Å². The predicted molar refractivity (Wildman–Crippen MR) is 62.4 cm³/mol. The minimum Gasteiger partial charge on any atom is -0.376 e. The van der Waals surface area contributed by atoms with Gasteiger partial charge in [0.2, 0.25) is 0 Å². The van der Waals surface area contributed by atoms with Gasteiger partial charge in [0.05, 0.1) is 5.60 Å². The minimum absolute atomic E-state index is 0.00778. The fraction of sp³-hybridized carbons (Fsp3) is 1.00. The molecule has 0 saturated heterocycles. The number of hydrogen-bond donors (Lipinski definition) is 0. The van der Waals surface area contributed by atoms with Gasteiger partial charge in [-0.1, -0.05) is 29.8 Å². The maximum Gasteiger partial charge on any atom is 0.0598 e. The van der Waals surface area contributed by atoms with Gasteiger partial charge in [0, 0.05) is 11.9 Å². The Kier molecular flexibility index (Phi) is 6.23. The van der Waals surface area contributed by atoms with E-state index in [1.165, 1.54) is 0 Å². The number of rotatable bonds is 5. The molecule has 0 aliphatic heterocycles. The second-order valence-electron chi connectivity index (χ2n) is 4.91. The number of ether oxygens (including phenoxy) is 1. The zero-order chi connectivity index (χ0) is 10.5. The Balaban J connectivity index is 3.62. The largest absolute Gasteiger partial charge is 0.376 e. The molecule has 0 bridgehead atoms. The highest BCUT2D eigenvalue weighted by molar-refractivity contribution is 9.09. The number of alkyl halides is 1. The Morgan fingerprint density at radius 3 is 2.08 bits per heavy atom. The van der Waals surface area contributed by atoms with Crippen LogP contribution in [0.4, 0.5) is 0 Å². The molecule has 13 heavy (non-hydrogen) atoms. The zero-order valence-electron chi connectivity index (χ0n) is 9.56. The van der Waals surface area contributed by atoms with Crippen LogP contribution in [-0.2, 0) is 4.74 Å². The Bertz CT molecular complexity index is 127. The maximum absolute atomic E-state index is 5.69. The summed E-state index contributed by atoms with van der Waals surface area (Å²) in [4.78, 5) is 0. The lowest BCUT2D eigenvalue weighted by Crippen LogP contribution is -2.22. The molecule has 0 aliphatic rings. The molecule has 0 radical (unpaired) electrons. The monoisotopic (exact) mass is 250 g/mol. The Morgan fingerprint density at radius 1 is 1.23 bits per heavy atom. The summed E-state index contributed by atoms with van der Waals surface area (Å²) in [7, 11) is 0. The lowest BCUT2D eigenvalue weighted by molar-refractivity contribution is -0.0102. The normalized spacial score (nSPS) is 15.0. The fourth-order valence-corrected chi connectivity index (χ4v) is 2.18. The highest BCUT2D eigenvalue weighted by Gasteiger charge is 2.14. The van der Waals surface area contributed by atoms with E-state index in [0.29, 0.717) is 0 Å². The van der Waals surface area contributed by atoms with E-state index in [1.54, 1.807) is 0 Å². The van der Waals surface area contributed by atoms with Gasteiger partial charge in [-0.3, -0.25) is 0 Å². The Morgan fingerprint density at radius 2 is 1.77 bits per heavy atom. The van der Waals surface area contributed by atoms with Crippen LogP contribution < -0.4 is 0 Å². The molecule has 1 nitrogen and oxygen atoms in total. The van der Waals surface area contributed by atoms with Crippen molar-refractivity contribution in [1.29, 1.82) is 0 Å². The van der Waals surface area contributed by atoms with Crippen molar-refractivity contribution in [2.45, 2.75) is 46.6 Å². The molecule has 0 N–H and O–H groups in total. The maximum atomic E-state index is 5.69. The lowest BCUT2D eigenvalue weighted by Gasteiger charge is -2.23. The molecule has 2 heteroatoms. The van der Waals surface area contributed by atoms with Crippen LogP contribution in [0.1, 0.15) is 41.0 Å². The van der Waals surface area contributed by atoms with Gasteiger partial charge in [-0.25, -0.2) is 0 Å². The van der Waals surface area contributed by atoms with Crippen LogP contribution in [0.15, 0.2) is 0 Å². The predicted octanol–water partition coefficient (Wildman–Crippen LogP) is 3.86. The average Bonchev–Trinajstić information content (AvgIpc) is 1.95. The summed E-state index contributed by atoms with van der Waals surface area (Å²) >= 11 is 3.54. The Hall–Kier alpha value is 0.440. The highest BCUT2D eigenvalue weighted by atomic mass is 79.9. The van der Waals surface area contributed by atoms with Crippen molar-refractivity contribution in [2.24, 2.45) is 11.8 Å². The quantitative estimate of drug-likeness (QED) is 0.674. The molecule has 1 unspecified atom stereocenters. The summed E-state index contributed by atoms with van der Waals surface area (Å²) < 4.78 is 5.69. The smallest absolute Gasteiger partial charge is 0.0598 e. The Labute approximate surface area is 91.4 Å². The van der Waals surface area contributed by atoms with Crippen molar-refractivity contribution in [1.82, 2.24) is 0 Å². The van der Waals surface area contributed by atoms with Crippen LogP contribution >= 0.6 is 15.9 Å². The van der Waals surface area contributed by atoms with E-state index in [2.05, 4.69) is 50.5 Å². The number of halogens is 1. The second-order valence-corrected chi connectivity index (χ2v) is 5.56. The molecule has 0 fully saturated rings. The van der Waals surface area contributed by atoms with Gasteiger partial charge in [-0.2, -0.15) is 0 Å². The summed E-state index contributed by atoms with van der Waals surface area (Å²) in [5.41, 5.74) is 0.00778. The topological polar surface area (TPSA) is 9.23 Å². The fourth-order valence-electron chi connectivity index (χ4n) is 1.11. The van der Waals surface area contributed by atoms with E-state index in [9.17, 15) is 0 Å². The summed E-state index contributed by atoms with van der Waals surface area (Å²) in [6, 6.07) is 0. The molecule has 0 heterocycles. The van der Waals surface area contributed by atoms with Crippen molar-refractivity contribution in [3.63, 3.8) is 0 Å². The molecule has 0 aromatic rings. The third-order valence-corrected chi connectivity index (χ3v) is 3.00. The molecule has 0 saturated carbocycles. The van der Waals surface area contributed by atoms with Crippen molar-refractivity contribution >= 4 is 15.9 Å². The standard InChI is InChI=1S/C11H23BrO/c1-9(2)10(8-12)6-7-13-11(3,4)5/h9-10H,6-8H2,1-5H3. The van der Waals surface area contributed by atoms with E-state index >= 15 is 0 Å². The molecule has 0 aromatic heterocycles. The van der Waals surface area contributed by atoms with Crippen LogP contribution in [0.5, 0.6) is 0 Å². The first-order chi connectivity index (χ1) is 5.87. The molecule has 80 valence electrons. The summed E-state index contributed by atoms with van der Waals surface area (Å²) in [6.45, 7) is 11.7. The van der Waals surface area contributed by atoms with Gasteiger partial charge in [0.25, 0.3) is 0 Å². The van der Waals surface area contributed by atoms with E-state index in [4.69, 9.17) is 4.74 Å². The van der Waals surface area contributed by atoms with Crippen molar-refractivity contribution < 1.29 is 4.74 Å². The SMILES string of the molecule is CC(C)C(CBr)CCOC(C)(C)C. The molecular formula is C11H23BrO. The average molecular weight is 251 g/mol. The molecule has 0 aliphatic carbocycles. The highest BCUT2D eigenvalue weighted by Crippen LogP contribution is 2.19. The van der Waals surface area contributed by atoms with E-state index in [0.717, 1.165) is 30.2 Å². The zero-order valence-corrected chi connectivity index (χ0v) is 11.1. The summed E-state index contributed by atoms with van der Waals surface area (Å²) in [5.74, 6) is 1.48. The molecule has 0 rings (SSSR count). The molecule has 0 amide bonds. The first-order valence-electron chi connectivity index (χ1n) is 5.06. The molecule has 1 atom stereocenters. The van der Waals surface area contributed by atoms with Crippen LogP contribution in [0.2, 0.25) is 0 Å². The van der Waals surface area contributed by atoms with E-state index in [-0.39, 0.29) is 5.60 Å². The molecule has 0 aromatic carbocycles. The van der Waals surface area contributed by atoms with Gasteiger partial charge in [0.15, 0.2) is 0 Å². The first kappa shape index (κ1) is 13.4. The van der Waals surface area contributed by atoms with Gasteiger partial charge in [-0.05, 0) is 39.0 Å². The van der Waals surface area contributed by atoms with E-state index < -0.39 is 0 Å². The van der Waals surface area contributed by atoms with Crippen LogP contribution in [-0.4, -0.2) is 17.5 Å². The van der Waals surface area contributed by atoms with Crippen LogP contribution in [0, 0.1) is 11.8 Å². The molecular weight excluding hydrogens is 228 g/mol. The second kappa shape index (κ2) is 6.02. The van der Waals surface area contributed by atoms with Gasteiger partial charge in [-0.15, -0.1) is 0 Å². The van der Waals surface area contributed by atoms with E-state index in [1.807, 2.05) is 0 Å². The summed E-state index contributed by atoms with van der Waals surface area (Å²) in [5, 5.41) is 1.08. The third-order valence-electron chi connectivity index (χ3n) is 2.16. The van der Waals surface area contributed by atoms with Crippen molar-refractivity contribution in [3.8, 4) is 0 Å². The minimum atomic E-state index is 0.00778. The van der Waals surface area contributed by atoms with Gasteiger partial charge in [0.1, 0.15) is 0 Å².